The lowest BCUT2D eigenvalue weighted by molar-refractivity contribution is -0.133. The summed E-state index contributed by atoms with van der Waals surface area (Å²) in [6.07, 6.45) is 0.979. The van der Waals surface area contributed by atoms with Crippen LogP contribution in [0.3, 0.4) is 0 Å². The topological polar surface area (TPSA) is 71.2 Å². The van der Waals surface area contributed by atoms with E-state index in [0.717, 1.165) is 18.8 Å². The number of carboxylic acids is 1. The molecule has 0 aliphatic carbocycles. The van der Waals surface area contributed by atoms with Crippen LogP contribution in [-0.4, -0.2) is 57.1 Å². The van der Waals surface area contributed by atoms with E-state index in [1.54, 1.807) is 0 Å². The number of hydrogen-bond acceptors (Lipinski definition) is 5. The Bertz CT molecular complexity index is 406. The van der Waals surface area contributed by atoms with Crippen molar-refractivity contribution < 1.29 is 9.90 Å². The smallest absolute Gasteiger partial charge is 0.313 e. The van der Waals surface area contributed by atoms with Crippen LogP contribution in [0, 0.1) is 6.92 Å². The van der Waals surface area contributed by atoms with Crippen LogP contribution in [-0.2, 0) is 4.79 Å². The summed E-state index contributed by atoms with van der Waals surface area (Å²) >= 11 is 1.21. The van der Waals surface area contributed by atoms with Crippen LogP contribution < -0.4 is 0 Å². The summed E-state index contributed by atoms with van der Waals surface area (Å²) in [5.41, 5.74) is 0. The number of carboxylic acid groups (broad SMARTS) is 1. The first-order chi connectivity index (χ1) is 8.41. The molecule has 0 spiro atoms. The Morgan fingerprint density at radius 1 is 1.50 bits per heavy atom. The van der Waals surface area contributed by atoms with Gasteiger partial charge in [-0.25, -0.2) is 0 Å². The van der Waals surface area contributed by atoms with Crippen LogP contribution in [0.2, 0.25) is 0 Å². The zero-order valence-electron chi connectivity index (χ0n) is 11.3. The van der Waals surface area contributed by atoms with E-state index in [2.05, 4.69) is 22.0 Å². The van der Waals surface area contributed by atoms with Gasteiger partial charge in [-0.05, 0) is 40.9 Å². The summed E-state index contributed by atoms with van der Waals surface area (Å²) in [5, 5.41) is 17.4. The highest BCUT2D eigenvalue weighted by Gasteiger charge is 2.16. The largest absolute Gasteiger partial charge is 0.481 e. The number of rotatable bonds is 7. The number of thioether (sulfide) groups is 1. The molecule has 0 fully saturated rings. The van der Waals surface area contributed by atoms with Crippen molar-refractivity contribution in [3.05, 3.63) is 5.82 Å². The standard InChI is InChI=1S/C11H20N4O2S/c1-8(5-6-14(3)4)15-9(2)12-13-11(15)18-7-10(16)17/h8H,5-7H2,1-4H3,(H,16,17). The molecule has 0 saturated heterocycles. The SMILES string of the molecule is Cc1nnc(SCC(=O)O)n1C(C)CCN(C)C. The fourth-order valence-electron chi connectivity index (χ4n) is 1.66. The van der Waals surface area contributed by atoms with Crippen molar-refractivity contribution in [1.82, 2.24) is 19.7 Å². The average Bonchev–Trinajstić information content (AvgIpc) is 2.64. The molecule has 0 saturated carbocycles. The minimum Gasteiger partial charge on any atom is -0.481 e. The van der Waals surface area contributed by atoms with Gasteiger partial charge in [0.05, 0.1) is 5.75 Å². The Morgan fingerprint density at radius 2 is 2.17 bits per heavy atom. The van der Waals surface area contributed by atoms with E-state index in [1.165, 1.54) is 11.8 Å². The van der Waals surface area contributed by atoms with Gasteiger partial charge in [0.25, 0.3) is 0 Å². The fraction of sp³-hybridized carbons (Fsp3) is 0.727. The molecule has 0 amide bonds. The Morgan fingerprint density at radius 3 is 2.72 bits per heavy atom. The van der Waals surface area contributed by atoms with Gasteiger partial charge in [0.2, 0.25) is 0 Å². The summed E-state index contributed by atoms with van der Waals surface area (Å²) in [6, 6.07) is 0.263. The van der Waals surface area contributed by atoms with Gasteiger partial charge in [0.15, 0.2) is 5.16 Å². The number of nitrogens with zero attached hydrogens (tertiary/aromatic N) is 4. The van der Waals surface area contributed by atoms with Crippen LogP contribution in [0.1, 0.15) is 25.2 Å². The van der Waals surface area contributed by atoms with Crippen LogP contribution in [0.4, 0.5) is 0 Å². The lowest BCUT2D eigenvalue weighted by atomic mass is 10.2. The molecule has 0 radical (unpaired) electrons. The molecule has 1 heterocycles. The van der Waals surface area contributed by atoms with Crippen molar-refractivity contribution in [2.24, 2.45) is 0 Å². The molecule has 0 aliphatic heterocycles. The summed E-state index contributed by atoms with van der Waals surface area (Å²) in [6.45, 7) is 4.97. The molecule has 18 heavy (non-hydrogen) atoms. The Balaban J connectivity index is 2.73. The van der Waals surface area contributed by atoms with E-state index < -0.39 is 5.97 Å². The van der Waals surface area contributed by atoms with Crippen molar-refractivity contribution in [1.29, 1.82) is 0 Å². The third-order valence-electron chi connectivity index (χ3n) is 2.59. The van der Waals surface area contributed by atoms with Gasteiger partial charge < -0.3 is 14.6 Å². The maximum Gasteiger partial charge on any atom is 0.313 e. The normalized spacial score (nSPS) is 12.9. The van der Waals surface area contributed by atoms with Gasteiger partial charge >= 0.3 is 5.97 Å². The molecule has 7 heteroatoms. The average molecular weight is 272 g/mol. The van der Waals surface area contributed by atoms with E-state index in [4.69, 9.17) is 5.11 Å². The predicted octanol–water partition coefficient (Wildman–Crippen LogP) is 1.28. The van der Waals surface area contributed by atoms with Gasteiger partial charge in [-0.2, -0.15) is 0 Å². The molecule has 102 valence electrons. The first kappa shape index (κ1) is 15.0. The summed E-state index contributed by atoms with van der Waals surface area (Å²) in [7, 11) is 4.07. The molecule has 1 N–H and O–H groups in total. The molecule has 1 aromatic rings. The molecular formula is C11H20N4O2S. The first-order valence-electron chi connectivity index (χ1n) is 5.82. The number of carbonyl (C=O) groups is 1. The summed E-state index contributed by atoms with van der Waals surface area (Å²) in [4.78, 5) is 12.7. The second-order valence-electron chi connectivity index (χ2n) is 4.52. The van der Waals surface area contributed by atoms with Crippen LogP contribution in [0.15, 0.2) is 5.16 Å². The lowest BCUT2D eigenvalue weighted by Gasteiger charge is -2.18. The number of hydrogen-bond donors (Lipinski definition) is 1. The fourth-order valence-corrected chi connectivity index (χ4v) is 2.46. The highest BCUT2D eigenvalue weighted by molar-refractivity contribution is 7.99. The van der Waals surface area contributed by atoms with Crippen LogP contribution in [0.5, 0.6) is 0 Å². The Kier molecular flexibility index (Phi) is 5.61. The third kappa shape index (κ3) is 4.30. The number of aliphatic carboxylic acids is 1. The maximum absolute atomic E-state index is 10.6. The van der Waals surface area contributed by atoms with Crippen LogP contribution in [0.25, 0.3) is 0 Å². The molecule has 1 rings (SSSR count). The van der Waals surface area contributed by atoms with Gasteiger partial charge in [0, 0.05) is 6.04 Å². The number of aryl methyl sites for hydroxylation is 1. The Hall–Kier alpha value is -1.08. The molecule has 1 aromatic heterocycles. The molecule has 6 nitrogen and oxygen atoms in total. The van der Waals surface area contributed by atoms with Crippen molar-refractivity contribution in [3.63, 3.8) is 0 Å². The second kappa shape index (κ2) is 6.75. The van der Waals surface area contributed by atoms with Gasteiger partial charge in [-0.3, -0.25) is 4.79 Å². The summed E-state index contributed by atoms with van der Waals surface area (Å²) < 4.78 is 2.01. The quantitative estimate of drug-likeness (QED) is 0.754. The van der Waals surface area contributed by atoms with Crippen molar-refractivity contribution >= 4 is 17.7 Å². The zero-order chi connectivity index (χ0) is 13.7. The monoisotopic (exact) mass is 272 g/mol. The van der Waals surface area contributed by atoms with Gasteiger partial charge in [0.1, 0.15) is 5.82 Å². The maximum atomic E-state index is 10.6. The van der Waals surface area contributed by atoms with E-state index in [9.17, 15) is 4.79 Å². The van der Waals surface area contributed by atoms with E-state index in [1.807, 2.05) is 25.6 Å². The highest BCUT2D eigenvalue weighted by Crippen LogP contribution is 2.23. The number of aromatic nitrogens is 3. The third-order valence-corrected chi connectivity index (χ3v) is 3.52. The molecule has 0 bridgehead atoms. The van der Waals surface area contributed by atoms with E-state index >= 15 is 0 Å². The van der Waals surface area contributed by atoms with Crippen molar-refractivity contribution in [2.75, 3.05) is 26.4 Å². The zero-order valence-corrected chi connectivity index (χ0v) is 12.1. The van der Waals surface area contributed by atoms with Gasteiger partial charge in [-0.15, -0.1) is 10.2 Å². The van der Waals surface area contributed by atoms with Crippen LogP contribution >= 0.6 is 11.8 Å². The second-order valence-corrected chi connectivity index (χ2v) is 5.47. The molecule has 1 atom stereocenters. The van der Waals surface area contributed by atoms with Crippen molar-refractivity contribution in [2.45, 2.75) is 31.5 Å². The van der Waals surface area contributed by atoms with Crippen molar-refractivity contribution in [3.8, 4) is 0 Å². The minimum absolute atomic E-state index is 0.0124. The molecule has 0 aromatic carbocycles. The first-order valence-corrected chi connectivity index (χ1v) is 6.81. The minimum atomic E-state index is -0.840. The Labute approximate surface area is 111 Å². The summed E-state index contributed by atoms with van der Waals surface area (Å²) in [5.74, 6) is 0.000668. The lowest BCUT2D eigenvalue weighted by Crippen LogP contribution is -2.18. The molecule has 1 unspecified atom stereocenters. The highest BCUT2D eigenvalue weighted by atomic mass is 32.2. The van der Waals surface area contributed by atoms with E-state index in [0.29, 0.717) is 5.16 Å². The molecular weight excluding hydrogens is 252 g/mol. The van der Waals surface area contributed by atoms with E-state index in [-0.39, 0.29) is 11.8 Å². The predicted molar refractivity (Wildman–Crippen MR) is 71.0 cm³/mol. The molecule has 0 aliphatic rings. The van der Waals surface area contributed by atoms with Gasteiger partial charge in [-0.1, -0.05) is 11.8 Å².